The van der Waals surface area contributed by atoms with Crippen LogP contribution in [0.25, 0.3) is 28.0 Å². The van der Waals surface area contributed by atoms with Gasteiger partial charge in [0.05, 0.1) is 28.9 Å². The fourth-order valence-electron chi connectivity index (χ4n) is 5.66. The number of hydrogen-bond donors (Lipinski definition) is 0. The highest BCUT2D eigenvalue weighted by atomic mass is 35.5. The van der Waals surface area contributed by atoms with E-state index in [1.165, 1.54) is 23.8 Å². The Hall–Kier alpha value is -4.31. The molecule has 1 aliphatic rings. The van der Waals surface area contributed by atoms with Crippen molar-refractivity contribution in [2.45, 2.75) is 52.6 Å². The molecule has 1 amide bonds. The molecule has 5 rings (SSSR count). The van der Waals surface area contributed by atoms with E-state index in [0.717, 1.165) is 5.56 Å². The first-order valence-corrected chi connectivity index (χ1v) is 14.5. The molecule has 0 radical (unpaired) electrons. The second-order valence-electron chi connectivity index (χ2n) is 11.2. The normalized spacial score (nSPS) is 17.0. The number of aromatic nitrogens is 4. The van der Waals surface area contributed by atoms with Crippen LogP contribution >= 0.6 is 11.6 Å². The van der Waals surface area contributed by atoms with Gasteiger partial charge in [-0.1, -0.05) is 32.0 Å². The Morgan fingerprint density at radius 3 is 2.58 bits per heavy atom. The molecule has 0 aliphatic carbocycles. The van der Waals surface area contributed by atoms with Crippen molar-refractivity contribution in [1.29, 1.82) is 0 Å². The van der Waals surface area contributed by atoms with Crippen LogP contribution in [0.3, 0.4) is 0 Å². The molecule has 2 atom stereocenters. The number of amides is 1. The molecule has 4 aromatic rings. The molecule has 1 saturated heterocycles. The van der Waals surface area contributed by atoms with E-state index >= 15 is 4.39 Å². The average molecular weight is 605 g/mol. The lowest BCUT2D eigenvalue weighted by molar-refractivity contribution is -0.128. The van der Waals surface area contributed by atoms with Gasteiger partial charge in [0, 0.05) is 36.9 Å². The molecule has 0 bridgehead atoms. The van der Waals surface area contributed by atoms with Gasteiger partial charge in [-0.3, -0.25) is 9.78 Å². The third kappa shape index (κ3) is 5.35. The van der Waals surface area contributed by atoms with Gasteiger partial charge >= 0.3 is 5.69 Å². The molecule has 4 heterocycles. The summed E-state index contributed by atoms with van der Waals surface area (Å²) in [5, 5.41) is 0.626. The van der Waals surface area contributed by atoms with Crippen LogP contribution in [-0.4, -0.2) is 62.6 Å². The van der Waals surface area contributed by atoms with Crippen LogP contribution in [-0.2, 0) is 4.79 Å². The molecule has 43 heavy (non-hydrogen) atoms. The van der Waals surface area contributed by atoms with Gasteiger partial charge in [-0.05, 0) is 68.7 Å². The smallest absolute Gasteiger partial charge is 0.355 e. The summed E-state index contributed by atoms with van der Waals surface area (Å²) in [5.41, 5.74) is 1.96. The number of halogens is 2. The first kappa shape index (κ1) is 30.2. The molecule has 0 N–H and O–H groups in total. The Bertz CT molecular complexity index is 1810. The number of rotatable bonds is 6. The number of piperazine rings is 1. The van der Waals surface area contributed by atoms with E-state index in [1.807, 2.05) is 45.6 Å². The number of fused-ring (bicyclic) bond motifs is 1. The molecule has 1 fully saturated rings. The minimum absolute atomic E-state index is 0.0272. The second kappa shape index (κ2) is 11.8. The fraction of sp³-hybridized carbons (Fsp3) is 0.344. The summed E-state index contributed by atoms with van der Waals surface area (Å²) < 4.78 is 22.9. The Morgan fingerprint density at radius 1 is 1.16 bits per heavy atom. The number of benzene rings is 1. The van der Waals surface area contributed by atoms with Crippen molar-refractivity contribution >= 4 is 34.4 Å². The van der Waals surface area contributed by atoms with E-state index in [0.29, 0.717) is 47.0 Å². The third-order valence-corrected chi connectivity index (χ3v) is 8.20. The third-order valence-electron chi connectivity index (χ3n) is 7.87. The van der Waals surface area contributed by atoms with Crippen LogP contribution in [0, 0.1) is 12.7 Å². The first-order valence-electron chi connectivity index (χ1n) is 14.1. The second-order valence-corrected chi connectivity index (χ2v) is 11.6. The summed E-state index contributed by atoms with van der Waals surface area (Å²) in [7, 11) is 1.51. The summed E-state index contributed by atoms with van der Waals surface area (Å²) in [4.78, 5) is 44.1. The summed E-state index contributed by atoms with van der Waals surface area (Å²) >= 11 is 6.53. The number of pyridine rings is 2. The monoisotopic (exact) mass is 604 g/mol. The van der Waals surface area contributed by atoms with Gasteiger partial charge in [-0.2, -0.15) is 4.98 Å². The number of aryl methyl sites for hydroxylation is 1. The Morgan fingerprint density at radius 2 is 1.91 bits per heavy atom. The van der Waals surface area contributed by atoms with Gasteiger partial charge in [0.2, 0.25) is 5.91 Å². The van der Waals surface area contributed by atoms with Crippen molar-refractivity contribution in [3.8, 4) is 22.7 Å². The molecule has 1 aromatic carbocycles. The van der Waals surface area contributed by atoms with Crippen LogP contribution in [0.4, 0.5) is 10.2 Å². The van der Waals surface area contributed by atoms with Crippen LogP contribution in [0.15, 0.2) is 54.0 Å². The maximum absolute atomic E-state index is 16.1. The Kier molecular flexibility index (Phi) is 8.25. The predicted molar refractivity (Wildman–Crippen MR) is 167 cm³/mol. The molecule has 0 saturated carbocycles. The van der Waals surface area contributed by atoms with E-state index in [1.54, 1.807) is 29.3 Å². The van der Waals surface area contributed by atoms with Crippen molar-refractivity contribution < 1.29 is 13.9 Å². The SMILES string of the molecule is C=CC(=O)N1CC(C)N(c2nc(=O)n(-c3c(C)ccnc3C(C)C)c3nc(-c4cc(OC)ccc4Cl)c(F)cc23)CC1C. The molecule has 3 aromatic heterocycles. The Labute approximate surface area is 254 Å². The van der Waals surface area contributed by atoms with E-state index in [-0.39, 0.29) is 40.3 Å². The van der Waals surface area contributed by atoms with Gasteiger partial charge in [0.1, 0.15) is 23.1 Å². The standard InChI is InChI=1S/C32H34ClFN6O3/c1-8-26(41)38-15-20(6)39(16-19(38)5)30-23-14-25(34)28(22-13-21(43-7)9-10-24(22)33)36-31(23)40(32(42)37-30)29-18(4)11-12-35-27(29)17(2)3/h8-14,17,19-20H,1,15-16H2,2-7H3. The van der Waals surface area contributed by atoms with E-state index < -0.39 is 11.5 Å². The zero-order valence-corrected chi connectivity index (χ0v) is 25.8. The summed E-state index contributed by atoms with van der Waals surface area (Å²) in [6.45, 7) is 14.1. The number of anilines is 1. The number of methoxy groups -OCH3 is 1. The van der Waals surface area contributed by atoms with Gasteiger partial charge in [-0.25, -0.2) is 18.7 Å². The maximum Gasteiger partial charge on any atom is 0.355 e. The molecular formula is C32H34ClFN6O3. The maximum atomic E-state index is 16.1. The average Bonchev–Trinajstić information content (AvgIpc) is 2.98. The predicted octanol–water partition coefficient (Wildman–Crippen LogP) is 5.69. The number of carbonyl (C=O) groups excluding carboxylic acids is 1. The van der Waals surface area contributed by atoms with Crippen molar-refractivity contribution in [2.24, 2.45) is 0 Å². The van der Waals surface area contributed by atoms with Crippen molar-refractivity contribution in [3.05, 3.63) is 81.8 Å². The largest absolute Gasteiger partial charge is 0.497 e. The molecule has 0 spiro atoms. The quantitative estimate of drug-likeness (QED) is 0.261. The molecule has 1 aliphatic heterocycles. The lowest BCUT2D eigenvalue weighted by atomic mass is 10.0. The molecule has 224 valence electrons. The number of carbonyl (C=O) groups is 1. The minimum atomic E-state index is -0.635. The highest BCUT2D eigenvalue weighted by Gasteiger charge is 2.34. The molecule has 2 unspecified atom stereocenters. The topological polar surface area (TPSA) is 93.5 Å². The van der Waals surface area contributed by atoms with Crippen LogP contribution in [0.2, 0.25) is 5.02 Å². The van der Waals surface area contributed by atoms with Crippen LogP contribution in [0.1, 0.15) is 44.9 Å². The van der Waals surface area contributed by atoms with E-state index in [2.05, 4.69) is 16.5 Å². The lowest BCUT2D eigenvalue weighted by Gasteiger charge is -2.44. The highest BCUT2D eigenvalue weighted by Crippen LogP contribution is 2.37. The van der Waals surface area contributed by atoms with Gasteiger partial charge in [-0.15, -0.1) is 0 Å². The van der Waals surface area contributed by atoms with Crippen LogP contribution in [0.5, 0.6) is 5.75 Å². The van der Waals surface area contributed by atoms with Crippen LogP contribution < -0.4 is 15.3 Å². The van der Waals surface area contributed by atoms with Gasteiger partial charge < -0.3 is 14.5 Å². The number of ether oxygens (including phenoxy) is 1. The lowest BCUT2D eigenvalue weighted by Crippen LogP contribution is -2.58. The number of hydrogen-bond acceptors (Lipinski definition) is 7. The zero-order valence-electron chi connectivity index (χ0n) is 25.1. The van der Waals surface area contributed by atoms with Crippen molar-refractivity contribution in [1.82, 2.24) is 24.4 Å². The van der Waals surface area contributed by atoms with Gasteiger partial charge in [0.25, 0.3) is 0 Å². The fourth-order valence-corrected chi connectivity index (χ4v) is 5.87. The summed E-state index contributed by atoms with van der Waals surface area (Å²) in [6, 6.07) is 7.63. The van der Waals surface area contributed by atoms with E-state index in [4.69, 9.17) is 21.3 Å². The molecule has 9 nitrogen and oxygen atoms in total. The molecular weight excluding hydrogens is 571 g/mol. The van der Waals surface area contributed by atoms with Crippen molar-refractivity contribution in [2.75, 3.05) is 25.1 Å². The number of nitrogens with zero attached hydrogens (tertiary/aromatic N) is 6. The minimum Gasteiger partial charge on any atom is -0.497 e. The van der Waals surface area contributed by atoms with Crippen molar-refractivity contribution in [3.63, 3.8) is 0 Å². The zero-order chi connectivity index (χ0) is 31.2. The molecule has 11 heteroatoms. The first-order chi connectivity index (χ1) is 20.5. The van der Waals surface area contributed by atoms with E-state index in [9.17, 15) is 9.59 Å². The highest BCUT2D eigenvalue weighted by molar-refractivity contribution is 6.33. The summed E-state index contributed by atoms with van der Waals surface area (Å²) in [6.07, 6.45) is 2.99. The van der Waals surface area contributed by atoms with Gasteiger partial charge in [0.15, 0.2) is 5.65 Å². The Balaban J connectivity index is 1.84. The summed E-state index contributed by atoms with van der Waals surface area (Å²) in [5.74, 6) is -0.0604.